The van der Waals surface area contributed by atoms with Crippen molar-refractivity contribution >= 4 is 22.6 Å². The zero-order valence-corrected chi connectivity index (χ0v) is 13.1. The highest BCUT2D eigenvalue weighted by Gasteiger charge is 2.22. The lowest BCUT2D eigenvalue weighted by molar-refractivity contribution is -0.123. The van der Waals surface area contributed by atoms with Crippen molar-refractivity contribution in [2.45, 2.75) is 47.0 Å². The first-order chi connectivity index (χ1) is 9.07. The Morgan fingerprint density at radius 3 is 2.35 bits per heavy atom. The average Bonchev–Trinajstić information content (AvgIpc) is 2.70. The van der Waals surface area contributed by atoms with E-state index in [0.29, 0.717) is 0 Å². The van der Waals surface area contributed by atoms with Gasteiger partial charge in [-0.15, -0.1) is 0 Å². The van der Waals surface area contributed by atoms with Crippen molar-refractivity contribution in [1.29, 1.82) is 0 Å². The maximum atomic E-state index is 12.0. The van der Waals surface area contributed by atoms with Gasteiger partial charge in [0.1, 0.15) is 5.82 Å². The quantitative estimate of drug-likeness (QED) is 0.829. The van der Waals surface area contributed by atoms with Gasteiger partial charge in [-0.2, -0.15) is 0 Å². The first-order valence-corrected chi connectivity index (χ1v) is 6.89. The number of nitrogens with one attached hydrogen (secondary N) is 2. The lowest BCUT2D eigenvalue weighted by atomic mass is 9.95. The molecule has 0 saturated carbocycles. The predicted octanol–water partition coefficient (Wildman–Crippen LogP) is 3.85. The molecule has 0 unspecified atom stereocenters. The van der Waals surface area contributed by atoms with Gasteiger partial charge < -0.3 is 10.3 Å². The van der Waals surface area contributed by atoms with E-state index in [-0.39, 0.29) is 11.3 Å². The van der Waals surface area contributed by atoms with E-state index >= 15 is 0 Å². The number of amides is 1. The third-order valence-electron chi connectivity index (χ3n) is 3.13. The number of anilines is 1. The smallest absolute Gasteiger partial charge is 0.229 e. The van der Waals surface area contributed by atoms with Crippen LogP contribution in [0.25, 0.3) is 11.0 Å². The zero-order chi connectivity index (χ0) is 15.1. The van der Waals surface area contributed by atoms with E-state index in [0.717, 1.165) is 22.5 Å². The molecule has 20 heavy (non-hydrogen) atoms. The van der Waals surface area contributed by atoms with Gasteiger partial charge in [-0.05, 0) is 18.2 Å². The summed E-state index contributed by atoms with van der Waals surface area (Å²) in [6, 6.07) is 5.75. The molecule has 2 aromatic rings. The molecule has 0 atom stereocenters. The average molecular weight is 273 g/mol. The normalized spacial score (nSPS) is 12.7. The molecule has 108 valence electrons. The van der Waals surface area contributed by atoms with Gasteiger partial charge in [0.25, 0.3) is 0 Å². The van der Waals surface area contributed by atoms with Gasteiger partial charge in [-0.1, -0.05) is 41.5 Å². The highest BCUT2D eigenvalue weighted by atomic mass is 16.2. The number of benzene rings is 1. The first kappa shape index (κ1) is 14.6. The van der Waals surface area contributed by atoms with Crippen molar-refractivity contribution in [3.05, 3.63) is 24.0 Å². The van der Waals surface area contributed by atoms with E-state index in [4.69, 9.17) is 0 Å². The Kier molecular flexibility index (Phi) is 3.36. The summed E-state index contributed by atoms with van der Waals surface area (Å²) >= 11 is 0. The Labute approximate surface area is 120 Å². The van der Waals surface area contributed by atoms with Crippen molar-refractivity contribution in [2.75, 3.05) is 5.32 Å². The molecule has 2 N–H and O–H groups in total. The molecular weight excluding hydrogens is 250 g/mol. The Morgan fingerprint density at radius 1 is 1.15 bits per heavy atom. The molecule has 1 aromatic carbocycles. The largest absolute Gasteiger partial charge is 0.341 e. The summed E-state index contributed by atoms with van der Waals surface area (Å²) in [5.74, 6) is 0.958. The second kappa shape index (κ2) is 4.62. The molecule has 2 rings (SSSR count). The van der Waals surface area contributed by atoms with Crippen molar-refractivity contribution in [1.82, 2.24) is 9.97 Å². The molecule has 4 nitrogen and oxygen atoms in total. The van der Waals surface area contributed by atoms with Gasteiger partial charge in [0.05, 0.1) is 11.0 Å². The highest BCUT2D eigenvalue weighted by Crippen LogP contribution is 2.25. The summed E-state index contributed by atoms with van der Waals surface area (Å²) < 4.78 is 0. The minimum Gasteiger partial charge on any atom is -0.341 e. The fraction of sp³-hybridized carbons (Fsp3) is 0.500. The number of rotatable bonds is 1. The number of hydrogen-bond donors (Lipinski definition) is 2. The third kappa shape index (κ3) is 3.00. The number of H-pyrrole nitrogens is 1. The first-order valence-electron chi connectivity index (χ1n) is 6.89. The number of aromatic nitrogens is 2. The fourth-order valence-electron chi connectivity index (χ4n) is 1.76. The Hall–Kier alpha value is -1.84. The van der Waals surface area contributed by atoms with Crippen molar-refractivity contribution < 1.29 is 4.79 Å². The highest BCUT2D eigenvalue weighted by molar-refractivity contribution is 5.96. The Bertz CT molecular complexity index is 642. The number of nitrogens with zero attached hydrogens (tertiary/aromatic N) is 1. The van der Waals surface area contributed by atoms with E-state index in [1.54, 1.807) is 0 Å². The predicted molar refractivity (Wildman–Crippen MR) is 82.9 cm³/mol. The molecule has 0 radical (unpaired) electrons. The fourth-order valence-corrected chi connectivity index (χ4v) is 1.76. The third-order valence-corrected chi connectivity index (χ3v) is 3.13. The van der Waals surface area contributed by atoms with E-state index < -0.39 is 5.41 Å². The lowest BCUT2D eigenvalue weighted by Crippen LogP contribution is -2.27. The maximum Gasteiger partial charge on any atom is 0.229 e. The molecule has 0 aliphatic carbocycles. The summed E-state index contributed by atoms with van der Waals surface area (Å²) in [6.07, 6.45) is 0. The molecule has 0 bridgehead atoms. The molecule has 1 amide bonds. The van der Waals surface area contributed by atoms with Crippen LogP contribution >= 0.6 is 0 Å². The van der Waals surface area contributed by atoms with Crippen LogP contribution in [0.3, 0.4) is 0 Å². The molecule has 0 spiro atoms. The Balaban J connectivity index is 2.32. The molecule has 1 aromatic heterocycles. The second-order valence-electron chi connectivity index (χ2n) is 7.27. The molecule has 1 heterocycles. The topological polar surface area (TPSA) is 57.8 Å². The van der Waals surface area contributed by atoms with Crippen LogP contribution in [0.2, 0.25) is 0 Å². The number of carbonyl (C=O) groups excluding carboxylic acids is 1. The molecule has 0 fully saturated rings. The number of carbonyl (C=O) groups is 1. The van der Waals surface area contributed by atoms with Crippen LogP contribution < -0.4 is 5.32 Å². The minimum atomic E-state index is -0.403. The summed E-state index contributed by atoms with van der Waals surface area (Å²) in [4.78, 5) is 19.9. The number of fused-ring (bicyclic) bond motifs is 1. The van der Waals surface area contributed by atoms with E-state index in [1.807, 2.05) is 39.0 Å². The van der Waals surface area contributed by atoms with Crippen LogP contribution in [0.15, 0.2) is 18.2 Å². The Morgan fingerprint density at radius 2 is 1.80 bits per heavy atom. The van der Waals surface area contributed by atoms with Crippen LogP contribution in [0.5, 0.6) is 0 Å². The number of hydrogen-bond acceptors (Lipinski definition) is 2. The van der Waals surface area contributed by atoms with Crippen LogP contribution in [0.1, 0.15) is 47.4 Å². The standard InChI is InChI=1S/C16H23N3O/c1-15(2,3)13-18-11-8-7-10(9-12(11)19-13)17-14(20)16(4,5)6/h7-9H,1-6H3,(H,17,20)(H,18,19). The maximum absolute atomic E-state index is 12.0. The zero-order valence-electron chi connectivity index (χ0n) is 13.1. The summed E-state index contributed by atoms with van der Waals surface area (Å²) in [7, 11) is 0. The van der Waals surface area contributed by atoms with Gasteiger partial charge in [-0.3, -0.25) is 4.79 Å². The number of imidazole rings is 1. The van der Waals surface area contributed by atoms with Gasteiger partial charge in [0.2, 0.25) is 5.91 Å². The minimum absolute atomic E-state index is 0.00686. The molecule has 4 heteroatoms. The molecular formula is C16H23N3O. The van der Waals surface area contributed by atoms with Crippen molar-refractivity contribution in [2.24, 2.45) is 5.41 Å². The van der Waals surface area contributed by atoms with Crippen LogP contribution in [0.4, 0.5) is 5.69 Å². The van der Waals surface area contributed by atoms with Crippen LogP contribution in [-0.4, -0.2) is 15.9 Å². The van der Waals surface area contributed by atoms with Crippen LogP contribution in [0, 0.1) is 5.41 Å². The summed E-state index contributed by atoms with van der Waals surface area (Å²) in [6.45, 7) is 12.0. The van der Waals surface area contributed by atoms with Gasteiger partial charge in [0, 0.05) is 16.5 Å². The van der Waals surface area contributed by atoms with Gasteiger partial charge in [-0.25, -0.2) is 4.98 Å². The second-order valence-corrected chi connectivity index (χ2v) is 7.27. The van der Waals surface area contributed by atoms with Gasteiger partial charge in [0.15, 0.2) is 0 Å². The SMILES string of the molecule is CC(C)(C)C(=O)Nc1ccc2nc(C(C)(C)C)[nH]c2c1. The molecule has 0 saturated heterocycles. The van der Waals surface area contributed by atoms with E-state index in [2.05, 4.69) is 36.1 Å². The van der Waals surface area contributed by atoms with E-state index in [9.17, 15) is 4.79 Å². The molecule has 0 aliphatic rings. The number of aromatic amines is 1. The monoisotopic (exact) mass is 273 g/mol. The lowest BCUT2D eigenvalue weighted by Gasteiger charge is -2.17. The van der Waals surface area contributed by atoms with Crippen molar-refractivity contribution in [3.63, 3.8) is 0 Å². The van der Waals surface area contributed by atoms with Gasteiger partial charge >= 0.3 is 0 Å². The van der Waals surface area contributed by atoms with E-state index in [1.165, 1.54) is 0 Å². The van der Waals surface area contributed by atoms with Crippen molar-refractivity contribution in [3.8, 4) is 0 Å². The molecule has 0 aliphatic heterocycles. The summed E-state index contributed by atoms with van der Waals surface area (Å²) in [5, 5.41) is 2.94. The van der Waals surface area contributed by atoms with Crippen LogP contribution in [-0.2, 0) is 10.2 Å². The summed E-state index contributed by atoms with van der Waals surface area (Å²) in [5.41, 5.74) is 2.24.